The molecule has 0 atom stereocenters. The van der Waals surface area contributed by atoms with Crippen LogP contribution in [-0.2, 0) is 0 Å². The van der Waals surface area contributed by atoms with Gasteiger partial charge in [0.15, 0.2) is 5.78 Å². The summed E-state index contributed by atoms with van der Waals surface area (Å²) in [5, 5.41) is 1.14. The molecule has 148 valence electrons. The topological polar surface area (TPSA) is 48.5 Å². The van der Waals surface area contributed by atoms with Crippen molar-refractivity contribution >= 4 is 40.4 Å². The summed E-state index contributed by atoms with van der Waals surface area (Å²) in [5.74, 6) is -0.0288. The maximum absolute atomic E-state index is 12.5. The van der Waals surface area contributed by atoms with E-state index in [9.17, 15) is 4.79 Å². The largest absolute Gasteiger partial charge is 0.378 e. The van der Waals surface area contributed by atoms with Crippen LogP contribution in [0.5, 0.6) is 0 Å². The summed E-state index contributed by atoms with van der Waals surface area (Å²) in [6.07, 6.45) is 7.23. The molecule has 0 radical (unpaired) electrons. The first-order valence-electron chi connectivity index (χ1n) is 9.80. The second kappa shape index (κ2) is 8.62. The van der Waals surface area contributed by atoms with Gasteiger partial charge in [-0.2, -0.15) is 0 Å². The van der Waals surface area contributed by atoms with Crippen LogP contribution >= 0.6 is 0 Å². The third-order valence-electron chi connectivity index (χ3n) is 4.96. The highest BCUT2D eigenvalue weighted by atomic mass is 16.1. The van der Waals surface area contributed by atoms with Gasteiger partial charge >= 0.3 is 0 Å². The molecule has 4 rings (SSSR count). The Labute approximate surface area is 176 Å². The molecule has 0 fully saturated rings. The number of rotatable bonds is 6. The van der Waals surface area contributed by atoms with Gasteiger partial charge in [-0.05, 0) is 54.1 Å². The van der Waals surface area contributed by atoms with Crippen molar-refractivity contribution < 1.29 is 4.79 Å². The number of fused-ring (bicyclic) bond motifs is 1. The number of para-hydroxylation sites is 1. The number of hydrogen-bond donors (Lipinski definition) is 1. The number of ketones is 1. The number of aromatic amines is 1. The molecule has 1 aromatic heterocycles. The van der Waals surface area contributed by atoms with Crippen LogP contribution in [0.25, 0.3) is 17.0 Å². The van der Waals surface area contributed by atoms with E-state index < -0.39 is 0 Å². The van der Waals surface area contributed by atoms with E-state index in [1.807, 2.05) is 104 Å². The third kappa shape index (κ3) is 4.39. The molecule has 1 N–H and O–H groups in total. The summed E-state index contributed by atoms with van der Waals surface area (Å²) >= 11 is 0. The summed E-state index contributed by atoms with van der Waals surface area (Å²) in [6.45, 7) is 0. The Morgan fingerprint density at radius 1 is 0.933 bits per heavy atom. The van der Waals surface area contributed by atoms with Crippen LogP contribution in [0.15, 0.2) is 90.1 Å². The second-order valence-corrected chi connectivity index (χ2v) is 7.28. The Morgan fingerprint density at radius 3 is 2.40 bits per heavy atom. The normalized spacial score (nSPS) is 11.5. The summed E-state index contributed by atoms with van der Waals surface area (Å²) in [6, 6.07) is 23.5. The number of aromatic nitrogens is 1. The Bertz CT molecular complexity index is 1210. The predicted octanol–water partition coefficient (Wildman–Crippen LogP) is 5.88. The van der Waals surface area contributed by atoms with Crippen molar-refractivity contribution in [1.82, 2.24) is 4.98 Å². The number of hydrogen-bond acceptors (Lipinski definition) is 3. The van der Waals surface area contributed by atoms with Crippen molar-refractivity contribution in [2.45, 2.75) is 0 Å². The van der Waals surface area contributed by atoms with Gasteiger partial charge in [0, 0.05) is 54.2 Å². The number of aliphatic imine (C=N–C) groups is 1. The van der Waals surface area contributed by atoms with Gasteiger partial charge in [0.05, 0.1) is 5.69 Å². The minimum atomic E-state index is -0.0288. The Kier molecular flexibility index (Phi) is 5.57. The lowest BCUT2D eigenvalue weighted by molar-refractivity contribution is 0.104. The van der Waals surface area contributed by atoms with Crippen LogP contribution in [0, 0.1) is 0 Å². The van der Waals surface area contributed by atoms with Crippen LogP contribution in [-0.4, -0.2) is 31.1 Å². The van der Waals surface area contributed by atoms with Gasteiger partial charge in [0.25, 0.3) is 0 Å². The standard InChI is InChI=1S/C26H23N3O/c1-29(2)23-14-7-19(8-15-23)9-16-26(30)20-10-12-22(13-11-20)27-17-21-18-28-25-6-4-3-5-24(21)25/h3-18,28H,1-2H3/b16-9+,27-17?. The van der Waals surface area contributed by atoms with Crippen molar-refractivity contribution in [3.8, 4) is 0 Å². The predicted molar refractivity (Wildman–Crippen MR) is 126 cm³/mol. The van der Waals surface area contributed by atoms with E-state index in [0.717, 1.165) is 33.4 Å². The van der Waals surface area contributed by atoms with Crippen LogP contribution in [0.3, 0.4) is 0 Å². The molecule has 0 aliphatic heterocycles. The Morgan fingerprint density at radius 2 is 1.67 bits per heavy atom. The first-order chi connectivity index (χ1) is 14.6. The molecule has 0 bridgehead atoms. The smallest absolute Gasteiger partial charge is 0.185 e. The van der Waals surface area contributed by atoms with Gasteiger partial charge in [0.1, 0.15) is 0 Å². The van der Waals surface area contributed by atoms with Crippen LogP contribution < -0.4 is 4.90 Å². The highest BCUT2D eigenvalue weighted by molar-refractivity contribution is 6.07. The molecule has 1 heterocycles. The highest BCUT2D eigenvalue weighted by Gasteiger charge is 2.03. The van der Waals surface area contributed by atoms with E-state index in [-0.39, 0.29) is 5.78 Å². The maximum atomic E-state index is 12.5. The summed E-state index contributed by atoms with van der Waals surface area (Å²) in [4.78, 5) is 22.3. The van der Waals surface area contributed by atoms with Gasteiger partial charge in [-0.25, -0.2) is 0 Å². The quantitative estimate of drug-likeness (QED) is 0.253. The van der Waals surface area contributed by atoms with Crippen molar-refractivity contribution in [3.63, 3.8) is 0 Å². The third-order valence-corrected chi connectivity index (χ3v) is 4.96. The second-order valence-electron chi connectivity index (χ2n) is 7.28. The molecule has 0 spiro atoms. The molecule has 4 aromatic rings. The maximum Gasteiger partial charge on any atom is 0.185 e. The molecular weight excluding hydrogens is 370 g/mol. The van der Waals surface area contributed by atoms with Crippen molar-refractivity contribution in [3.05, 3.63) is 102 Å². The van der Waals surface area contributed by atoms with E-state index >= 15 is 0 Å². The number of nitrogens with zero attached hydrogens (tertiary/aromatic N) is 2. The summed E-state index contributed by atoms with van der Waals surface area (Å²) in [5.41, 5.74) is 5.69. The number of nitrogens with one attached hydrogen (secondary N) is 1. The molecule has 0 amide bonds. The summed E-state index contributed by atoms with van der Waals surface area (Å²) < 4.78 is 0. The van der Waals surface area contributed by atoms with E-state index in [2.05, 4.69) is 16.0 Å². The fraction of sp³-hybridized carbons (Fsp3) is 0.0769. The Balaban J connectivity index is 1.43. The van der Waals surface area contributed by atoms with Gasteiger partial charge in [-0.15, -0.1) is 0 Å². The zero-order chi connectivity index (χ0) is 20.9. The Hall–Kier alpha value is -3.92. The summed E-state index contributed by atoms with van der Waals surface area (Å²) in [7, 11) is 4.01. The number of anilines is 1. The minimum absolute atomic E-state index is 0.0288. The number of carbonyl (C=O) groups excluding carboxylic acids is 1. The van der Waals surface area contributed by atoms with Gasteiger partial charge in [0.2, 0.25) is 0 Å². The monoisotopic (exact) mass is 393 g/mol. The molecule has 0 saturated carbocycles. The number of benzene rings is 3. The lowest BCUT2D eigenvalue weighted by Crippen LogP contribution is -2.07. The van der Waals surface area contributed by atoms with Crippen LogP contribution in [0.1, 0.15) is 21.5 Å². The number of H-pyrrole nitrogens is 1. The average Bonchev–Trinajstić information content (AvgIpc) is 3.20. The molecule has 4 heteroatoms. The van der Waals surface area contributed by atoms with E-state index in [4.69, 9.17) is 0 Å². The molecule has 30 heavy (non-hydrogen) atoms. The van der Waals surface area contributed by atoms with Gasteiger partial charge in [-0.3, -0.25) is 9.79 Å². The van der Waals surface area contributed by atoms with Crippen LogP contribution in [0.4, 0.5) is 11.4 Å². The lowest BCUT2D eigenvalue weighted by Gasteiger charge is -2.11. The number of carbonyl (C=O) groups is 1. The van der Waals surface area contributed by atoms with Crippen molar-refractivity contribution in [1.29, 1.82) is 0 Å². The van der Waals surface area contributed by atoms with Crippen LogP contribution in [0.2, 0.25) is 0 Å². The molecule has 0 aliphatic rings. The van der Waals surface area contributed by atoms with Gasteiger partial charge in [-0.1, -0.05) is 36.4 Å². The first-order valence-corrected chi connectivity index (χ1v) is 9.80. The van der Waals surface area contributed by atoms with E-state index in [0.29, 0.717) is 5.56 Å². The van der Waals surface area contributed by atoms with Gasteiger partial charge < -0.3 is 9.88 Å². The van der Waals surface area contributed by atoms with Crippen molar-refractivity contribution in [2.75, 3.05) is 19.0 Å². The SMILES string of the molecule is CN(C)c1ccc(/C=C/C(=O)c2ccc(N=Cc3c[nH]c4ccccc34)cc2)cc1. The zero-order valence-corrected chi connectivity index (χ0v) is 17.0. The van der Waals surface area contributed by atoms with E-state index in [1.54, 1.807) is 6.08 Å². The van der Waals surface area contributed by atoms with E-state index in [1.165, 1.54) is 0 Å². The van der Waals surface area contributed by atoms with Crippen molar-refractivity contribution in [2.24, 2.45) is 4.99 Å². The molecule has 4 nitrogen and oxygen atoms in total. The molecule has 0 saturated heterocycles. The number of allylic oxidation sites excluding steroid dienone is 1. The fourth-order valence-electron chi connectivity index (χ4n) is 3.21. The molecule has 3 aromatic carbocycles. The molecule has 0 aliphatic carbocycles. The lowest BCUT2D eigenvalue weighted by atomic mass is 10.1. The molecular formula is C26H23N3O. The molecule has 0 unspecified atom stereocenters. The fourth-order valence-corrected chi connectivity index (χ4v) is 3.21. The zero-order valence-electron chi connectivity index (χ0n) is 17.0. The first kappa shape index (κ1) is 19.4. The minimum Gasteiger partial charge on any atom is -0.378 e. The highest BCUT2D eigenvalue weighted by Crippen LogP contribution is 2.19. The average molecular weight is 393 g/mol.